The van der Waals surface area contributed by atoms with Gasteiger partial charge in [0.15, 0.2) is 0 Å². The van der Waals surface area contributed by atoms with Crippen molar-refractivity contribution in [3.05, 3.63) is 40.8 Å². The average Bonchev–Trinajstić information content (AvgIpc) is 2.70. The molecule has 2 rings (SSSR count). The van der Waals surface area contributed by atoms with Crippen LogP contribution in [0.15, 0.2) is 22.6 Å². The monoisotopic (exact) mass is 246 g/mol. The summed E-state index contributed by atoms with van der Waals surface area (Å²) in [6, 6.07) is 6.70. The molecule has 0 fully saturated rings. The number of ether oxygens (including phenoxy) is 1. The third-order valence-corrected chi connectivity index (χ3v) is 2.93. The fourth-order valence-electron chi connectivity index (χ4n) is 1.93. The zero-order valence-electron chi connectivity index (χ0n) is 11.2. The third kappa shape index (κ3) is 2.47. The number of aromatic nitrogens is 1. The number of methoxy groups -OCH3 is 1. The van der Waals surface area contributed by atoms with Crippen molar-refractivity contribution in [2.24, 2.45) is 0 Å². The molecule has 96 valence electrons. The van der Waals surface area contributed by atoms with E-state index in [-0.39, 0.29) is 0 Å². The molecule has 0 bridgehead atoms. The second-order valence-corrected chi connectivity index (χ2v) is 4.26. The van der Waals surface area contributed by atoms with E-state index in [1.54, 1.807) is 14.2 Å². The molecule has 0 atom stereocenters. The Hall–Kier alpha value is -1.97. The summed E-state index contributed by atoms with van der Waals surface area (Å²) in [6.07, 6.45) is 0.741. The fraction of sp³-hybridized carbons (Fsp3) is 0.357. The summed E-state index contributed by atoms with van der Waals surface area (Å²) in [6.45, 7) is 3.99. The van der Waals surface area contributed by atoms with Crippen LogP contribution in [0.2, 0.25) is 0 Å². The van der Waals surface area contributed by atoms with Crippen molar-refractivity contribution in [2.75, 3.05) is 19.5 Å². The number of hydrogen-bond donors (Lipinski definition) is 1. The molecule has 0 radical (unpaired) electrons. The quantitative estimate of drug-likeness (QED) is 0.901. The molecule has 0 amide bonds. The van der Waals surface area contributed by atoms with E-state index in [2.05, 4.69) is 16.4 Å². The summed E-state index contributed by atoms with van der Waals surface area (Å²) >= 11 is 0. The standard InChI is InChI=1S/C14H18N2O2/c1-9-7-11(5-6-12(9)17-4)8-13-10(2)16-14(15-3)18-13/h5-7H,8H2,1-4H3,(H,15,16). The van der Waals surface area contributed by atoms with Crippen molar-refractivity contribution in [2.45, 2.75) is 20.3 Å². The summed E-state index contributed by atoms with van der Waals surface area (Å²) in [5.74, 6) is 1.80. The van der Waals surface area contributed by atoms with Gasteiger partial charge >= 0.3 is 0 Å². The van der Waals surface area contributed by atoms with Crippen molar-refractivity contribution in [3.8, 4) is 5.75 Å². The molecule has 0 unspecified atom stereocenters. The topological polar surface area (TPSA) is 47.3 Å². The van der Waals surface area contributed by atoms with Gasteiger partial charge in [-0.2, -0.15) is 4.98 Å². The average molecular weight is 246 g/mol. The molecule has 0 aliphatic rings. The Morgan fingerprint density at radius 3 is 2.67 bits per heavy atom. The molecule has 1 aromatic carbocycles. The highest BCUT2D eigenvalue weighted by atomic mass is 16.5. The third-order valence-electron chi connectivity index (χ3n) is 2.93. The molecule has 1 aromatic heterocycles. The minimum absolute atomic E-state index is 0.563. The van der Waals surface area contributed by atoms with Gasteiger partial charge in [-0.25, -0.2) is 0 Å². The van der Waals surface area contributed by atoms with Crippen LogP contribution in [0, 0.1) is 13.8 Å². The van der Waals surface area contributed by atoms with Gasteiger partial charge < -0.3 is 14.5 Å². The van der Waals surface area contributed by atoms with Gasteiger partial charge in [-0.1, -0.05) is 12.1 Å². The Labute approximate surface area is 107 Å². The van der Waals surface area contributed by atoms with E-state index in [1.807, 2.05) is 26.0 Å². The predicted octanol–water partition coefficient (Wildman–Crippen LogP) is 2.93. The molecule has 0 saturated carbocycles. The van der Waals surface area contributed by atoms with Gasteiger partial charge in [-0.15, -0.1) is 0 Å². The number of aryl methyl sites for hydroxylation is 2. The van der Waals surface area contributed by atoms with Gasteiger partial charge in [0.05, 0.1) is 12.8 Å². The maximum absolute atomic E-state index is 5.61. The van der Waals surface area contributed by atoms with Gasteiger partial charge in [0.25, 0.3) is 6.01 Å². The van der Waals surface area contributed by atoms with Crippen LogP contribution in [-0.4, -0.2) is 19.1 Å². The van der Waals surface area contributed by atoms with E-state index >= 15 is 0 Å². The Morgan fingerprint density at radius 1 is 1.33 bits per heavy atom. The highest BCUT2D eigenvalue weighted by molar-refractivity contribution is 5.38. The number of nitrogens with one attached hydrogen (secondary N) is 1. The van der Waals surface area contributed by atoms with Crippen LogP contribution in [0.25, 0.3) is 0 Å². The molecule has 0 aliphatic carbocycles. The number of nitrogens with zero attached hydrogens (tertiary/aromatic N) is 1. The van der Waals surface area contributed by atoms with E-state index in [9.17, 15) is 0 Å². The highest BCUT2D eigenvalue weighted by Gasteiger charge is 2.10. The second kappa shape index (κ2) is 5.12. The normalized spacial score (nSPS) is 10.4. The number of anilines is 1. The number of benzene rings is 1. The van der Waals surface area contributed by atoms with Gasteiger partial charge in [-0.3, -0.25) is 0 Å². The van der Waals surface area contributed by atoms with Crippen LogP contribution in [-0.2, 0) is 6.42 Å². The first-order chi connectivity index (χ1) is 8.63. The number of rotatable bonds is 4. The molecule has 4 heteroatoms. The lowest BCUT2D eigenvalue weighted by atomic mass is 10.1. The Bertz CT molecular complexity index is 547. The first-order valence-corrected chi connectivity index (χ1v) is 5.91. The second-order valence-electron chi connectivity index (χ2n) is 4.26. The molecule has 2 aromatic rings. The number of hydrogen-bond acceptors (Lipinski definition) is 4. The minimum atomic E-state index is 0.563. The van der Waals surface area contributed by atoms with Crippen molar-refractivity contribution in [1.82, 2.24) is 4.98 Å². The predicted molar refractivity (Wildman–Crippen MR) is 71.3 cm³/mol. The van der Waals surface area contributed by atoms with Crippen molar-refractivity contribution in [1.29, 1.82) is 0 Å². The molecular weight excluding hydrogens is 228 g/mol. The Kier molecular flexibility index (Phi) is 3.55. The summed E-state index contributed by atoms with van der Waals surface area (Å²) in [4.78, 5) is 4.28. The molecule has 0 spiro atoms. The van der Waals surface area contributed by atoms with Gasteiger partial charge in [0.2, 0.25) is 0 Å². The summed E-state index contributed by atoms with van der Waals surface area (Å²) in [5.41, 5.74) is 3.24. The molecule has 4 nitrogen and oxygen atoms in total. The first-order valence-electron chi connectivity index (χ1n) is 5.91. The van der Waals surface area contributed by atoms with E-state index in [0.29, 0.717) is 6.01 Å². The van der Waals surface area contributed by atoms with E-state index in [0.717, 1.165) is 29.2 Å². The highest BCUT2D eigenvalue weighted by Crippen LogP contribution is 2.22. The number of oxazole rings is 1. The zero-order chi connectivity index (χ0) is 13.1. The summed E-state index contributed by atoms with van der Waals surface area (Å²) in [5, 5.41) is 2.91. The Balaban J connectivity index is 2.22. The smallest absolute Gasteiger partial charge is 0.294 e. The molecule has 1 N–H and O–H groups in total. The van der Waals surface area contributed by atoms with Gasteiger partial charge in [-0.05, 0) is 31.0 Å². The molecular formula is C14H18N2O2. The lowest BCUT2D eigenvalue weighted by Gasteiger charge is -2.06. The minimum Gasteiger partial charge on any atom is -0.496 e. The zero-order valence-corrected chi connectivity index (χ0v) is 11.2. The SMILES string of the molecule is CNc1nc(C)c(Cc2ccc(OC)c(C)c2)o1. The lowest BCUT2D eigenvalue weighted by molar-refractivity contribution is 0.411. The van der Waals surface area contributed by atoms with Gasteiger partial charge in [0, 0.05) is 13.5 Å². The fourth-order valence-corrected chi connectivity index (χ4v) is 1.93. The molecule has 0 saturated heterocycles. The lowest BCUT2D eigenvalue weighted by Crippen LogP contribution is -1.92. The molecule has 0 aliphatic heterocycles. The first kappa shape index (κ1) is 12.5. The summed E-state index contributed by atoms with van der Waals surface area (Å²) < 4.78 is 10.9. The van der Waals surface area contributed by atoms with E-state index in [1.165, 1.54) is 5.56 Å². The van der Waals surface area contributed by atoms with E-state index in [4.69, 9.17) is 9.15 Å². The molecule has 18 heavy (non-hydrogen) atoms. The van der Waals surface area contributed by atoms with Crippen molar-refractivity contribution < 1.29 is 9.15 Å². The van der Waals surface area contributed by atoms with Crippen LogP contribution in [0.3, 0.4) is 0 Å². The van der Waals surface area contributed by atoms with Crippen molar-refractivity contribution >= 4 is 6.01 Å². The van der Waals surface area contributed by atoms with Crippen LogP contribution in [0.1, 0.15) is 22.6 Å². The van der Waals surface area contributed by atoms with Crippen molar-refractivity contribution in [3.63, 3.8) is 0 Å². The van der Waals surface area contributed by atoms with Crippen LogP contribution < -0.4 is 10.1 Å². The summed E-state index contributed by atoms with van der Waals surface area (Å²) in [7, 11) is 3.48. The molecule has 1 heterocycles. The van der Waals surface area contributed by atoms with Crippen LogP contribution >= 0.6 is 0 Å². The largest absolute Gasteiger partial charge is 0.496 e. The Morgan fingerprint density at radius 2 is 2.11 bits per heavy atom. The van der Waals surface area contributed by atoms with E-state index < -0.39 is 0 Å². The van der Waals surface area contributed by atoms with Crippen LogP contribution in [0.4, 0.5) is 6.01 Å². The van der Waals surface area contributed by atoms with Crippen LogP contribution in [0.5, 0.6) is 5.75 Å². The maximum Gasteiger partial charge on any atom is 0.294 e. The van der Waals surface area contributed by atoms with Gasteiger partial charge in [0.1, 0.15) is 11.5 Å². The maximum atomic E-state index is 5.61.